The van der Waals surface area contributed by atoms with Gasteiger partial charge in [-0.3, -0.25) is 4.79 Å². The van der Waals surface area contributed by atoms with Crippen molar-refractivity contribution in [2.24, 2.45) is 5.73 Å². The Hall–Kier alpha value is -2.82. The Kier molecular flexibility index (Phi) is 4.60. The lowest BCUT2D eigenvalue weighted by Crippen LogP contribution is -2.11. The van der Waals surface area contributed by atoms with Crippen LogP contribution >= 0.6 is 11.6 Å². The molecule has 0 aliphatic rings. The number of nitrogens with zero attached hydrogens (tertiary/aromatic N) is 1. The van der Waals surface area contributed by atoms with Crippen LogP contribution in [0.3, 0.4) is 0 Å². The molecule has 0 aliphatic heterocycles. The molecule has 1 radical (unpaired) electrons. The number of nitrogens with two attached hydrogens (primary N) is 1. The van der Waals surface area contributed by atoms with Gasteiger partial charge >= 0.3 is 0 Å². The molecule has 4 nitrogen and oxygen atoms in total. The monoisotopic (exact) mass is 377 g/mol. The van der Waals surface area contributed by atoms with E-state index in [1.807, 2.05) is 42.5 Å². The summed E-state index contributed by atoms with van der Waals surface area (Å²) in [5, 5.41) is 2.42. The average molecular weight is 378 g/mol. The van der Waals surface area contributed by atoms with Gasteiger partial charge in [-0.15, -0.1) is 0 Å². The van der Waals surface area contributed by atoms with Crippen LogP contribution in [0.2, 0.25) is 5.02 Å². The first-order valence-corrected chi connectivity index (χ1v) is 8.95. The summed E-state index contributed by atoms with van der Waals surface area (Å²) in [6.07, 6.45) is 0. The normalized spacial score (nSPS) is 11.3. The van der Waals surface area contributed by atoms with Crippen molar-refractivity contribution < 1.29 is 9.53 Å². The highest BCUT2D eigenvalue weighted by Crippen LogP contribution is 2.33. The Bertz CT molecular complexity index is 1150. The minimum absolute atomic E-state index is 0.444. The third-order valence-corrected chi connectivity index (χ3v) is 4.94. The van der Waals surface area contributed by atoms with Crippen LogP contribution in [0.5, 0.6) is 0 Å². The molecule has 4 aromatic rings. The van der Waals surface area contributed by atoms with Gasteiger partial charge in [-0.1, -0.05) is 29.8 Å². The van der Waals surface area contributed by atoms with Gasteiger partial charge in [0.1, 0.15) is 0 Å². The van der Waals surface area contributed by atoms with Crippen molar-refractivity contribution >= 4 is 39.3 Å². The maximum Gasteiger partial charge on any atom is 0.249 e. The third-order valence-electron chi connectivity index (χ3n) is 4.68. The van der Waals surface area contributed by atoms with Crippen LogP contribution in [0.25, 0.3) is 21.8 Å². The second-order valence-electron chi connectivity index (χ2n) is 6.48. The van der Waals surface area contributed by atoms with E-state index in [0.717, 1.165) is 32.9 Å². The van der Waals surface area contributed by atoms with Crippen LogP contribution in [0.15, 0.2) is 54.6 Å². The molecule has 0 unspecified atom stereocenters. The fourth-order valence-electron chi connectivity index (χ4n) is 3.50. The lowest BCUT2D eigenvalue weighted by Gasteiger charge is -2.09. The Labute approximate surface area is 162 Å². The molecule has 5 heteroatoms. The fraction of sp³-hybridized carbons (Fsp3) is 0.136. The topological polar surface area (TPSA) is 57.2 Å². The van der Waals surface area contributed by atoms with E-state index in [9.17, 15) is 4.79 Å². The number of carbonyl (C=O) groups excluding carboxylic acids is 1. The van der Waals surface area contributed by atoms with E-state index in [1.54, 1.807) is 13.2 Å². The first kappa shape index (κ1) is 17.6. The number of methoxy groups -OCH3 is 1. The number of hydrogen-bond acceptors (Lipinski definition) is 2. The first-order chi connectivity index (χ1) is 13.1. The zero-order valence-electron chi connectivity index (χ0n) is 14.8. The maximum atomic E-state index is 12.0. The maximum absolute atomic E-state index is 12.0. The molecule has 1 aromatic heterocycles. The van der Waals surface area contributed by atoms with Gasteiger partial charge in [0, 0.05) is 35.0 Å². The van der Waals surface area contributed by atoms with Crippen molar-refractivity contribution in [3.63, 3.8) is 0 Å². The number of ether oxygens (including phenoxy) is 1. The van der Waals surface area contributed by atoms with E-state index in [-0.39, 0.29) is 0 Å². The number of primary amides is 1. The molecule has 3 aromatic carbocycles. The number of amides is 1. The molecule has 4 rings (SSSR count). The molecule has 0 spiro atoms. The number of fused-ring (bicyclic) bond motifs is 3. The van der Waals surface area contributed by atoms with Gasteiger partial charge in [0.2, 0.25) is 5.91 Å². The van der Waals surface area contributed by atoms with E-state index >= 15 is 0 Å². The van der Waals surface area contributed by atoms with Crippen LogP contribution in [0, 0.1) is 6.07 Å². The van der Waals surface area contributed by atoms with Crippen molar-refractivity contribution in [2.75, 3.05) is 7.11 Å². The smallest absolute Gasteiger partial charge is 0.249 e. The van der Waals surface area contributed by atoms with Gasteiger partial charge in [0.25, 0.3) is 0 Å². The van der Waals surface area contributed by atoms with Gasteiger partial charge in [0.15, 0.2) is 0 Å². The van der Waals surface area contributed by atoms with Crippen LogP contribution in [0.4, 0.5) is 0 Å². The van der Waals surface area contributed by atoms with E-state index in [0.29, 0.717) is 23.7 Å². The SMILES string of the molecule is COCc1c[c]c2c3c(C(N)=O)cccc3n(Cc3ccc(Cl)cc3)c2c1. The molecule has 0 atom stereocenters. The van der Waals surface area contributed by atoms with E-state index < -0.39 is 5.91 Å². The molecular weight excluding hydrogens is 360 g/mol. The molecule has 135 valence electrons. The average Bonchev–Trinajstić information content (AvgIpc) is 2.97. The lowest BCUT2D eigenvalue weighted by atomic mass is 10.0. The zero-order chi connectivity index (χ0) is 19.0. The van der Waals surface area contributed by atoms with Crippen molar-refractivity contribution in [1.29, 1.82) is 0 Å². The Morgan fingerprint density at radius 3 is 2.63 bits per heavy atom. The zero-order valence-corrected chi connectivity index (χ0v) is 15.6. The highest BCUT2D eigenvalue weighted by molar-refractivity contribution is 6.30. The van der Waals surface area contributed by atoms with Crippen LogP contribution in [0.1, 0.15) is 21.5 Å². The predicted molar refractivity (Wildman–Crippen MR) is 108 cm³/mol. The number of benzene rings is 3. The summed E-state index contributed by atoms with van der Waals surface area (Å²) in [5.41, 5.74) is 10.2. The molecule has 27 heavy (non-hydrogen) atoms. The van der Waals surface area contributed by atoms with Crippen molar-refractivity contribution in [2.45, 2.75) is 13.2 Å². The third kappa shape index (κ3) is 3.18. The second kappa shape index (κ2) is 7.06. The van der Waals surface area contributed by atoms with Crippen LogP contribution in [-0.2, 0) is 17.9 Å². The number of aromatic nitrogens is 1. The molecule has 0 saturated heterocycles. The summed E-state index contributed by atoms with van der Waals surface area (Å²) in [4.78, 5) is 12.0. The van der Waals surface area contributed by atoms with Gasteiger partial charge in [-0.05, 0) is 53.6 Å². The Morgan fingerprint density at radius 2 is 1.93 bits per heavy atom. The van der Waals surface area contributed by atoms with Gasteiger partial charge in [-0.25, -0.2) is 0 Å². The lowest BCUT2D eigenvalue weighted by molar-refractivity contribution is 0.100. The number of carbonyl (C=O) groups is 1. The standard InChI is InChI=1S/C22H18ClN2O2/c1-27-13-15-7-10-17-20(11-15)25(12-14-5-8-16(23)9-6-14)19-4-2-3-18(21(17)19)22(24)26/h2-9,11H,12-13H2,1H3,(H2,24,26). The summed E-state index contributed by atoms with van der Waals surface area (Å²) in [7, 11) is 1.67. The predicted octanol–water partition coefficient (Wildman–Crippen LogP) is 4.54. The molecule has 1 amide bonds. The highest BCUT2D eigenvalue weighted by atomic mass is 35.5. The van der Waals surface area contributed by atoms with Gasteiger partial charge in [-0.2, -0.15) is 0 Å². The molecule has 0 bridgehead atoms. The summed E-state index contributed by atoms with van der Waals surface area (Å²) in [5.74, 6) is -0.444. The quantitative estimate of drug-likeness (QED) is 0.555. The molecule has 2 N–H and O–H groups in total. The summed E-state index contributed by atoms with van der Waals surface area (Å²) >= 11 is 6.02. The first-order valence-electron chi connectivity index (χ1n) is 8.57. The molecule has 1 heterocycles. The van der Waals surface area contributed by atoms with E-state index in [1.165, 1.54) is 0 Å². The number of hydrogen-bond donors (Lipinski definition) is 1. The van der Waals surface area contributed by atoms with E-state index in [4.69, 9.17) is 22.1 Å². The highest BCUT2D eigenvalue weighted by Gasteiger charge is 2.17. The largest absolute Gasteiger partial charge is 0.380 e. The van der Waals surface area contributed by atoms with Gasteiger partial charge in [0.05, 0.1) is 17.6 Å². The Balaban J connectivity index is 2.00. The van der Waals surface area contributed by atoms with Crippen molar-refractivity contribution in [3.05, 3.63) is 82.4 Å². The van der Waals surface area contributed by atoms with Crippen molar-refractivity contribution in [3.8, 4) is 0 Å². The van der Waals surface area contributed by atoms with Crippen LogP contribution in [-0.4, -0.2) is 17.6 Å². The van der Waals surface area contributed by atoms with Gasteiger partial charge < -0.3 is 15.0 Å². The minimum Gasteiger partial charge on any atom is -0.380 e. The van der Waals surface area contributed by atoms with E-state index in [2.05, 4.69) is 16.7 Å². The molecule has 0 saturated carbocycles. The number of rotatable bonds is 5. The second-order valence-corrected chi connectivity index (χ2v) is 6.91. The fourth-order valence-corrected chi connectivity index (χ4v) is 3.62. The molecule has 0 fully saturated rings. The minimum atomic E-state index is -0.444. The summed E-state index contributed by atoms with van der Waals surface area (Å²) in [6, 6.07) is 20.7. The summed E-state index contributed by atoms with van der Waals surface area (Å²) < 4.78 is 7.44. The summed E-state index contributed by atoms with van der Waals surface area (Å²) in [6.45, 7) is 1.14. The number of halogens is 1. The van der Waals surface area contributed by atoms with Crippen LogP contribution < -0.4 is 5.73 Å². The molecular formula is C22H18ClN2O2. The van der Waals surface area contributed by atoms with Crippen molar-refractivity contribution in [1.82, 2.24) is 4.57 Å². The Morgan fingerprint density at radius 1 is 1.15 bits per heavy atom. The molecule has 0 aliphatic carbocycles.